The van der Waals surface area contributed by atoms with E-state index in [-0.39, 0.29) is 0 Å². The van der Waals surface area contributed by atoms with Gasteiger partial charge in [-0.1, -0.05) is 29.8 Å². The van der Waals surface area contributed by atoms with Gasteiger partial charge in [0, 0.05) is 13.1 Å². The highest BCUT2D eigenvalue weighted by molar-refractivity contribution is 14.1. The van der Waals surface area contributed by atoms with Crippen molar-refractivity contribution in [1.29, 1.82) is 0 Å². The zero-order valence-electron chi connectivity index (χ0n) is 14.3. The molecular formula is C18H18IN5OS. The molecule has 0 bridgehead atoms. The molecule has 0 amide bonds. The van der Waals surface area contributed by atoms with Crippen LogP contribution in [0.15, 0.2) is 35.4 Å². The quantitative estimate of drug-likeness (QED) is 0.350. The molecule has 3 aromatic rings. The van der Waals surface area contributed by atoms with Crippen molar-refractivity contribution < 1.29 is 4.74 Å². The summed E-state index contributed by atoms with van der Waals surface area (Å²) in [7, 11) is 0. The minimum absolute atomic E-state index is 0.515. The lowest BCUT2D eigenvalue weighted by Crippen LogP contribution is -2.37. The lowest BCUT2D eigenvalue weighted by atomic mass is 10.2. The summed E-state index contributed by atoms with van der Waals surface area (Å²) < 4.78 is 6.67. The summed E-state index contributed by atoms with van der Waals surface area (Å²) in [6.45, 7) is 5.19. The highest BCUT2D eigenvalue weighted by atomic mass is 127. The first kappa shape index (κ1) is 17.6. The van der Waals surface area contributed by atoms with E-state index in [1.165, 1.54) is 8.45 Å². The number of aryl methyl sites for hydroxylation is 1. The van der Waals surface area contributed by atoms with Crippen LogP contribution in [-0.4, -0.2) is 42.5 Å². The van der Waals surface area contributed by atoms with E-state index in [0.29, 0.717) is 5.95 Å². The maximum atomic E-state index is 5.47. The van der Waals surface area contributed by atoms with Gasteiger partial charge in [-0.25, -0.2) is 10.4 Å². The Hall–Kier alpha value is -1.78. The number of halogens is 1. The van der Waals surface area contributed by atoms with Gasteiger partial charge in [-0.05, 0) is 41.1 Å². The molecule has 8 heteroatoms. The van der Waals surface area contributed by atoms with Crippen LogP contribution in [0, 0.1) is 9.81 Å². The van der Waals surface area contributed by atoms with Gasteiger partial charge in [-0.3, -0.25) is 0 Å². The van der Waals surface area contributed by atoms with E-state index >= 15 is 0 Å². The number of ether oxygens (including phenoxy) is 1. The van der Waals surface area contributed by atoms with Crippen molar-refractivity contribution >= 4 is 62.1 Å². The van der Waals surface area contributed by atoms with Crippen LogP contribution in [0.4, 0.5) is 11.8 Å². The van der Waals surface area contributed by atoms with Gasteiger partial charge in [-0.15, -0.1) is 11.3 Å². The summed E-state index contributed by atoms with van der Waals surface area (Å²) in [6.07, 6.45) is 1.78. The van der Waals surface area contributed by atoms with E-state index in [1.807, 2.05) is 12.1 Å². The van der Waals surface area contributed by atoms with Crippen molar-refractivity contribution in [1.82, 2.24) is 9.97 Å². The van der Waals surface area contributed by atoms with Crippen LogP contribution in [0.3, 0.4) is 0 Å². The first-order valence-corrected chi connectivity index (χ1v) is 10.2. The number of nitrogens with one attached hydrogen (secondary N) is 1. The number of hydrazone groups is 1. The fraction of sp³-hybridized carbons (Fsp3) is 0.278. The molecule has 1 fully saturated rings. The monoisotopic (exact) mass is 479 g/mol. The summed E-state index contributed by atoms with van der Waals surface area (Å²) in [5.74, 6) is 1.46. The molecule has 134 valence electrons. The molecule has 2 aromatic heterocycles. The third-order valence-electron chi connectivity index (χ3n) is 4.07. The summed E-state index contributed by atoms with van der Waals surface area (Å²) in [4.78, 5) is 12.6. The van der Waals surface area contributed by atoms with Gasteiger partial charge in [0.25, 0.3) is 0 Å². The van der Waals surface area contributed by atoms with Gasteiger partial charge in [0.1, 0.15) is 10.6 Å². The Morgan fingerprint density at radius 2 is 2.12 bits per heavy atom. The molecular weight excluding hydrogens is 461 g/mol. The summed E-state index contributed by atoms with van der Waals surface area (Å²) in [5, 5.41) is 5.40. The molecule has 0 radical (unpaired) electrons. The molecule has 26 heavy (non-hydrogen) atoms. The van der Waals surface area contributed by atoms with Gasteiger partial charge < -0.3 is 9.64 Å². The largest absolute Gasteiger partial charge is 0.378 e. The molecule has 0 aliphatic carbocycles. The lowest BCUT2D eigenvalue weighted by molar-refractivity contribution is 0.122. The maximum Gasteiger partial charge on any atom is 0.246 e. The number of aromatic nitrogens is 2. The van der Waals surface area contributed by atoms with Gasteiger partial charge in [-0.2, -0.15) is 10.1 Å². The topological polar surface area (TPSA) is 62.6 Å². The molecule has 1 aromatic carbocycles. The van der Waals surface area contributed by atoms with Crippen LogP contribution in [0.1, 0.15) is 11.1 Å². The second kappa shape index (κ2) is 7.85. The molecule has 1 saturated heterocycles. The van der Waals surface area contributed by atoms with Crippen LogP contribution in [-0.2, 0) is 4.74 Å². The summed E-state index contributed by atoms with van der Waals surface area (Å²) in [5.41, 5.74) is 5.23. The smallest absolute Gasteiger partial charge is 0.246 e. The molecule has 0 atom stereocenters. The third kappa shape index (κ3) is 3.97. The van der Waals surface area contributed by atoms with Crippen molar-refractivity contribution in [2.75, 3.05) is 36.6 Å². The number of hydrogen-bond acceptors (Lipinski definition) is 7. The fourth-order valence-corrected chi connectivity index (χ4v) is 4.55. The average molecular weight is 479 g/mol. The Kier molecular flexibility index (Phi) is 5.32. The maximum absolute atomic E-state index is 5.47. The Balaban J connectivity index is 1.62. The summed E-state index contributed by atoms with van der Waals surface area (Å²) >= 11 is 3.99. The van der Waals surface area contributed by atoms with Crippen LogP contribution < -0.4 is 10.3 Å². The van der Waals surface area contributed by atoms with Gasteiger partial charge >= 0.3 is 0 Å². The van der Waals surface area contributed by atoms with E-state index in [2.05, 4.69) is 68.1 Å². The highest BCUT2D eigenvalue weighted by Gasteiger charge is 2.18. The number of morpholine rings is 1. The van der Waals surface area contributed by atoms with Crippen molar-refractivity contribution in [2.24, 2.45) is 5.10 Å². The second-order valence-corrected chi connectivity index (χ2v) is 8.95. The zero-order valence-corrected chi connectivity index (χ0v) is 17.2. The predicted octanol–water partition coefficient (Wildman–Crippen LogP) is 3.89. The van der Waals surface area contributed by atoms with Crippen molar-refractivity contribution in [3.63, 3.8) is 0 Å². The van der Waals surface area contributed by atoms with Crippen LogP contribution in [0.25, 0.3) is 10.2 Å². The van der Waals surface area contributed by atoms with E-state index < -0.39 is 0 Å². The average Bonchev–Trinajstić information content (AvgIpc) is 3.02. The Labute approximate surface area is 169 Å². The van der Waals surface area contributed by atoms with Gasteiger partial charge in [0.05, 0.1) is 27.7 Å². The normalized spacial score (nSPS) is 15.1. The molecule has 1 N–H and O–H groups in total. The van der Waals surface area contributed by atoms with Gasteiger partial charge in [0.15, 0.2) is 0 Å². The first-order valence-electron chi connectivity index (χ1n) is 8.34. The zero-order chi connectivity index (χ0) is 17.9. The molecule has 6 nitrogen and oxygen atoms in total. The van der Waals surface area contributed by atoms with E-state index in [0.717, 1.165) is 47.9 Å². The van der Waals surface area contributed by atoms with E-state index in [1.54, 1.807) is 17.6 Å². The number of anilines is 2. The molecule has 1 aliphatic heterocycles. The fourth-order valence-electron chi connectivity index (χ4n) is 2.86. The number of nitrogens with zero attached hydrogens (tertiary/aromatic N) is 4. The van der Waals surface area contributed by atoms with Gasteiger partial charge in [0.2, 0.25) is 5.95 Å². The molecule has 4 rings (SSSR count). The van der Waals surface area contributed by atoms with E-state index in [4.69, 9.17) is 9.72 Å². The second-order valence-electron chi connectivity index (χ2n) is 6.02. The highest BCUT2D eigenvalue weighted by Crippen LogP contribution is 2.33. The van der Waals surface area contributed by atoms with Crippen molar-refractivity contribution in [3.8, 4) is 0 Å². The minimum atomic E-state index is 0.515. The Morgan fingerprint density at radius 3 is 2.92 bits per heavy atom. The molecule has 1 aliphatic rings. The molecule has 0 saturated carbocycles. The Morgan fingerprint density at radius 1 is 1.27 bits per heavy atom. The number of fused-ring (bicyclic) bond motifs is 1. The number of hydrogen-bond donors (Lipinski definition) is 1. The standard InChI is InChI=1S/C18H18IN5OS/c1-12-3-2-4-13(9-12)11-20-23-18-21-16(24-5-7-25-8-6-24)14-10-15(19)26-17(14)22-18/h2-4,9-11H,5-8H2,1H3,(H,21,22,23)/b20-11+. The van der Waals surface area contributed by atoms with Crippen molar-refractivity contribution in [2.45, 2.75) is 6.92 Å². The first-order chi connectivity index (χ1) is 12.7. The molecule has 0 spiro atoms. The number of thiophene rings is 1. The number of benzene rings is 1. The van der Waals surface area contributed by atoms with Crippen LogP contribution in [0.2, 0.25) is 0 Å². The molecule has 3 heterocycles. The van der Waals surface area contributed by atoms with Crippen LogP contribution >= 0.6 is 33.9 Å². The Bertz CT molecular complexity index is 952. The van der Waals surface area contributed by atoms with Crippen molar-refractivity contribution in [3.05, 3.63) is 44.3 Å². The predicted molar refractivity (Wildman–Crippen MR) is 116 cm³/mol. The lowest BCUT2D eigenvalue weighted by Gasteiger charge is -2.28. The summed E-state index contributed by atoms with van der Waals surface area (Å²) in [6, 6.07) is 10.3. The minimum Gasteiger partial charge on any atom is -0.378 e. The van der Waals surface area contributed by atoms with Crippen LogP contribution in [0.5, 0.6) is 0 Å². The molecule has 0 unspecified atom stereocenters. The third-order valence-corrected chi connectivity index (χ3v) is 5.86. The SMILES string of the molecule is Cc1cccc(/C=N/Nc2nc(N3CCOCC3)c3cc(I)sc3n2)c1. The number of rotatable bonds is 4. The van der Waals surface area contributed by atoms with E-state index in [9.17, 15) is 0 Å².